The highest BCUT2D eigenvalue weighted by Crippen LogP contribution is 2.48. The summed E-state index contributed by atoms with van der Waals surface area (Å²) in [6.07, 6.45) is 0. The maximum absolute atomic E-state index is 13.8. The number of nitrogens with one attached hydrogen (secondary N) is 2. The van der Waals surface area contributed by atoms with Gasteiger partial charge in [0.15, 0.2) is 11.2 Å². The molecule has 4 aromatic carbocycles. The minimum atomic E-state index is -1.44. The number of carbonyl (C=O) groups excluding carboxylic acids is 2. The molecule has 2 aliphatic carbocycles. The van der Waals surface area contributed by atoms with Gasteiger partial charge in [0.1, 0.15) is 48.3 Å². The first-order valence-electron chi connectivity index (χ1n) is 21.7. The van der Waals surface area contributed by atoms with Gasteiger partial charge < -0.3 is 49.2 Å². The molecular formula is C53H39Cl2N4O13+. The lowest BCUT2D eigenvalue weighted by molar-refractivity contribution is 0.0682. The molecule has 0 unspecified atom stereocenters. The largest absolute Gasteiger partial charge is 0.507 e. The minimum absolute atomic E-state index is 0.0130. The maximum atomic E-state index is 13.8. The van der Waals surface area contributed by atoms with Crippen molar-refractivity contribution in [2.24, 2.45) is 0 Å². The fourth-order valence-corrected chi connectivity index (χ4v) is 9.17. The molecule has 72 heavy (non-hydrogen) atoms. The molecular weight excluding hydrogens is 972 g/mol. The lowest BCUT2D eigenvalue weighted by atomic mass is 9.89. The zero-order valence-corrected chi connectivity index (χ0v) is 39.9. The second-order valence-corrected chi connectivity index (χ2v) is 17.8. The van der Waals surface area contributed by atoms with Gasteiger partial charge in [-0.2, -0.15) is 0 Å². The van der Waals surface area contributed by atoms with Crippen molar-refractivity contribution in [1.29, 1.82) is 0 Å². The van der Waals surface area contributed by atoms with Gasteiger partial charge in [-0.05, 0) is 78.4 Å². The standard InChI is InChI=1S/C53H38Cl2N4O13/c1-58(2)25-6-11-31-40(18-25)71-41-19-26(59(3)4)7-12-32(41)44(31)45-37(54)21-35(47(55)46(45)53(68)69)49(62)56-22-28-9-16-39(70-28)50(63)57-23-36-38(61)15-14-33-43(30-13-8-27(60)20-42(30)72-48(33)36)29-10-5-24(51(64)65)17-34(29)52(66)67/h5-21H,22-23H2,1-4H3,(H5-,56,57,60,61,62,63,64,65,66,67,68,69)/p+1. The number of hydrogen-bond acceptors (Lipinski definition) is 11. The molecule has 0 atom stereocenters. The van der Waals surface area contributed by atoms with Gasteiger partial charge >= 0.3 is 17.9 Å². The molecule has 9 rings (SSSR count). The van der Waals surface area contributed by atoms with Crippen LogP contribution in [0.3, 0.4) is 0 Å². The number of amides is 2. The van der Waals surface area contributed by atoms with Crippen molar-refractivity contribution in [3.8, 4) is 50.7 Å². The zero-order chi connectivity index (χ0) is 51.4. The van der Waals surface area contributed by atoms with Crippen LogP contribution < -0.4 is 30.9 Å². The summed E-state index contributed by atoms with van der Waals surface area (Å²) in [5.74, 6) is -5.72. The van der Waals surface area contributed by atoms with E-state index in [1.54, 1.807) is 12.1 Å². The molecule has 0 bridgehead atoms. The van der Waals surface area contributed by atoms with Crippen LogP contribution in [0.15, 0.2) is 121 Å². The number of halogens is 2. The van der Waals surface area contributed by atoms with Gasteiger partial charge in [0.25, 0.3) is 11.8 Å². The van der Waals surface area contributed by atoms with Crippen LogP contribution in [0.1, 0.15) is 63.3 Å². The van der Waals surface area contributed by atoms with Gasteiger partial charge in [-0.25, -0.2) is 19.0 Å². The van der Waals surface area contributed by atoms with Crippen molar-refractivity contribution in [3.05, 3.63) is 168 Å². The van der Waals surface area contributed by atoms with Crippen LogP contribution in [-0.4, -0.2) is 78.3 Å². The highest BCUT2D eigenvalue weighted by atomic mass is 35.5. The van der Waals surface area contributed by atoms with Crippen molar-refractivity contribution in [2.75, 3.05) is 33.1 Å². The predicted octanol–water partition coefficient (Wildman–Crippen LogP) is 8.74. The molecule has 1 aromatic heterocycles. The second-order valence-electron chi connectivity index (χ2n) is 17.0. The summed E-state index contributed by atoms with van der Waals surface area (Å²) in [6.45, 7) is -0.656. The third-order valence-electron chi connectivity index (χ3n) is 12.1. The number of benzene rings is 6. The van der Waals surface area contributed by atoms with E-state index in [0.29, 0.717) is 33.4 Å². The summed E-state index contributed by atoms with van der Waals surface area (Å²) < 4.78 is 20.2. The minimum Gasteiger partial charge on any atom is -0.507 e. The van der Waals surface area contributed by atoms with E-state index >= 15 is 0 Å². The van der Waals surface area contributed by atoms with Gasteiger partial charge in [-0.3, -0.25) is 14.4 Å². The predicted molar refractivity (Wildman–Crippen MR) is 268 cm³/mol. The zero-order valence-electron chi connectivity index (χ0n) is 38.3. The Morgan fingerprint density at radius 2 is 1.33 bits per heavy atom. The quantitative estimate of drug-likeness (QED) is 0.0495. The third kappa shape index (κ3) is 8.71. The van der Waals surface area contributed by atoms with Crippen LogP contribution in [0.5, 0.6) is 5.75 Å². The highest BCUT2D eigenvalue weighted by molar-refractivity contribution is 6.41. The lowest BCUT2D eigenvalue weighted by Gasteiger charge is -2.21. The smallest absolute Gasteiger partial charge is 0.337 e. The number of carboxylic acid groups (broad SMARTS) is 3. The average Bonchev–Trinajstić information content (AvgIpc) is 3.83. The summed E-state index contributed by atoms with van der Waals surface area (Å²) in [4.78, 5) is 79.1. The Bertz CT molecular complexity index is 3870. The molecule has 0 fully saturated rings. The Kier molecular flexibility index (Phi) is 12.5. The van der Waals surface area contributed by atoms with Crippen LogP contribution in [0, 0.1) is 0 Å². The molecule has 0 saturated heterocycles. The van der Waals surface area contributed by atoms with Crippen molar-refractivity contribution in [3.63, 3.8) is 0 Å². The monoisotopic (exact) mass is 1010 g/mol. The molecule has 6 N–H and O–H groups in total. The summed E-state index contributed by atoms with van der Waals surface area (Å²) in [5.41, 5.74) is 1.31. The SMILES string of the molecule is CN(C)c1ccc2c(-c3c(Cl)cc(C(=O)NCc4ccc(C(=O)NCc5c(O)ccc6c(-c7ccc(C(=O)O)cc7C(=O)O)c7ccc(=O)cc-7oc56)o4)c(Cl)c3C(=O)O)c3ccc(=[N+](C)C)cc-3oc2c1. The van der Waals surface area contributed by atoms with E-state index in [1.165, 1.54) is 60.7 Å². The molecule has 4 aliphatic rings. The number of anilines is 1. The van der Waals surface area contributed by atoms with Crippen LogP contribution in [0.25, 0.3) is 66.8 Å². The van der Waals surface area contributed by atoms with Gasteiger partial charge in [0, 0.05) is 76.6 Å². The van der Waals surface area contributed by atoms with Crippen LogP contribution in [-0.2, 0) is 13.1 Å². The fraction of sp³-hybridized carbons (Fsp3) is 0.113. The Morgan fingerprint density at radius 3 is 2.04 bits per heavy atom. The Balaban J connectivity index is 0.990. The summed E-state index contributed by atoms with van der Waals surface area (Å²) in [6, 6.07) is 25.2. The van der Waals surface area contributed by atoms with Crippen molar-refractivity contribution in [2.45, 2.75) is 13.1 Å². The molecule has 0 saturated carbocycles. The first-order valence-corrected chi connectivity index (χ1v) is 22.5. The van der Waals surface area contributed by atoms with E-state index in [1.807, 2.05) is 61.9 Å². The number of phenols is 1. The summed E-state index contributed by atoms with van der Waals surface area (Å²) in [5, 5.41) is 48.0. The number of fused-ring (bicyclic) bond motifs is 4. The number of furan rings is 1. The van der Waals surface area contributed by atoms with Crippen LogP contribution >= 0.6 is 23.2 Å². The number of rotatable bonds is 12. The molecule has 0 radical (unpaired) electrons. The van der Waals surface area contributed by atoms with E-state index in [2.05, 4.69) is 10.6 Å². The van der Waals surface area contributed by atoms with Gasteiger partial charge in [-0.1, -0.05) is 29.3 Å². The van der Waals surface area contributed by atoms with Crippen molar-refractivity contribution >= 4 is 80.6 Å². The Hall–Kier alpha value is -8.93. The van der Waals surface area contributed by atoms with Gasteiger partial charge in [-0.15, -0.1) is 0 Å². The van der Waals surface area contributed by atoms with Crippen molar-refractivity contribution < 1.29 is 57.7 Å². The highest BCUT2D eigenvalue weighted by Gasteiger charge is 2.31. The van der Waals surface area contributed by atoms with E-state index < -0.39 is 40.7 Å². The third-order valence-corrected chi connectivity index (χ3v) is 12.8. The Labute approximate surface area is 416 Å². The maximum Gasteiger partial charge on any atom is 0.337 e. The normalized spacial score (nSPS) is 11.3. The lowest BCUT2D eigenvalue weighted by Crippen LogP contribution is -2.24. The topological polar surface area (TPSA) is 253 Å². The molecule has 5 aromatic rings. The molecule has 19 heteroatoms. The Morgan fingerprint density at radius 1 is 0.639 bits per heavy atom. The summed E-state index contributed by atoms with van der Waals surface area (Å²) >= 11 is 13.8. The molecule has 2 aliphatic heterocycles. The van der Waals surface area contributed by atoms with Crippen LogP contribution in [0.2, 0.25) is 10.0 Å². The first-order chi connectivity index (χ1) is 34.3. The number of aromatic carboxylic acids is 3. The molecule has 17 nitrogen and oxygen atoms in total. The van der Waals surface area contributed by atoms with E-state index in [-0.39, 0.29) is 96.1 Å². The molecule has 0 spiro atoms. The fourth-order valence-electron chi connectivity index (χ4n) is 8.56. The molecule has 3 heterocycles. The van der Waals surface area contributed by atoms with Crippen molar-refractivity contribution in [1.82, 2.24) is 15.2 Å². The van der Waals surface area contributed by atoms with E-state index in [9.17, 15) is 49.2 Å². The molecule has 2 amide bonds. The number of nitrogens with zero attached hydrogens (tertiary/aromatic N) is 2. The van der Waals surface area contributed by atoms with E-state index in [0.717, 1.165) is 17.1 Å². The van der Waals surface area contributed by atoms with E-state index in [4.69, 9.17) is 36.5 Å². The first kappa shape index (κ1) is 48.1. The number of carbonyl (C=O) groups is 5. The average molecular weight is 1010 g/mol. The number of hydrogen-bond donors (Lipinski definition) is 6. The number of aromatic hydroxyl groups is 1. The van der Waals surface area contributed by atoms with Gasteiger partial charge in [0.2, 0.25) is 5.36 Å². The van der Waals surface area contributed by atoms with Gasteiger partial charge in [0.05, 0.1) is 57.0 Å². The number of carboxylic acids is 3. The molecule has 362 valence electrons. The summed E-state index contributed by atoms with van der Waals surface area (Å²) in [7, 11) is 7.50. The second kappa shape index (κ2) is 18.8. The van der Waals surface area contributed by atoms with Crippen LogP contribution in [0.4, 0.5) is 5.69 Å². The number of phenolic OH excluding ortho intramolecular Hbond substituents is 1.